The van der Waals surface area contributed by atoms with Crippen LogP contribution >= 0.6 is 15.9 Å². The van der Waals surface area contributed by atoms with Gasteiger partial charge in [0.25, 0.3) is 0 Å². The molecule has 0 bridgehead atoms. The molecule has 0 unspecified atom stereocenters. The Morgan fingerprint density at radius 2 is 1.92 bits per heavy atom. The van der Waals surface area contributed by atoms with Crippen molar-refractivity contribution in [2.75, 3.05) is 7.11 Å². The lowest BCUT2D eigenvalue weighted by molar-refractivity contribution is -0.169. The Labute approximate surface area is 148 Å². The Kier molecular flexibility index (Phi) is 9.35. The fourth-order valence-corrected chi connectivity index (χ4v) is 2.08. The van der Waals surface area contributed by atoms with Crippen LogP contribution in [0.15, 0.2) is 22.7 Å². The molecule has 0 radical (unpaired) electrons. The number of carbonyl (C=O) groups is 1. The molecule has 0 aliphatic carbocycles. The SMILES string of the molecule is CCCCC(=O)NC(F)(F)F.COc1ccc(Br)cc1C(C)(C)O. The number of unbranched alkanes of at least 4 members (excludes halogenated alkanes) is 1. The van der Waals surface area contributed by atoms with Gasteiger partial charge < -0.3 is 9.84 Å². The third-order valence-corrected chi connectivity index (χ3v) is 3.35. The summed E-state index contributed by atoms with van der Waals surface area (Å²) in [6.07, 6.45) is -3.44. The molecular formula is C16H23BrF3NO3. The van der Waals surface area contributed by atoms with Crippen LogP contribution in [0.2, 0.25) is 0 Å². The summed E-state index contributed by atoms with van der Waals surface area (Å²) in [6, 6.07) is 5.57. The van der Waals surface area contributed by atoms with Crippen LogP contribution in [0.4, 0.5) is 13.2 Å². The molecule has 0 saturated heterocycles. The van der Waals surface area contributed by atoms with E-state index >= 15 is 0 Å². The van der Waals surface area contributed by atoms with Gasteiger partial charge >= 0.3 is 6.30 Å². The molecule has 1 aromatic rings. The second-order valence-corrected chi connectivity index (χ2v) is 6.47. The summed E-state index contributed by atoms with van der Waals surface area (Å²) >= 11 is 3.35. The number of hydrogen-bond donors (Lipinski definition) is 2. The van der Waals surface area contributed by atoms with Gasteiger partial charge in [0.05, 0.1) is 12.7 Å². The van der Waals surface area contributed by atoms with Crippen LogP contribution < -0.4 is 10.1 Å². The molecule has 0 atom stereocenters. The Hall–Kier alpha value is -1.28. The number of alkyl halides is 3. The number of halogens is 4. The van der Waals surface area contributed by atoms with Crippen molar-refractivity contribution in [3.63, 3.8) is 0 Å². The minimum Gasteiger partial charge on any atom is -0.496 e. The summed E-state index contributed by atoms with van der Waals surface area (Å²) in [7, 11) is 1.60. The number of rotatable bonds is 5. The monoisotopic (exact) mass is 413 g/mol. The molecular weight excluding hydrogens is 391 g/mol. The van der Waals surface area contributed by atoms with Crippen molar-refractivity contribution in [2.45, 2.75) is 51.9 Å². The maximum absolute atomic E-state index is 11.4. The summed E-state index contributed by atoms with van der Waals surface area (Å²) in [5.41, 5.74) is -0.0980. The highest BCUT2D eigenvalue weighted by Crippen LogP contribution is 2.31. The maximum Gasteiger partial charge on any atom is 0.484 e. The van der Waals surface area contributed by atoms with Gasteiger partial charge in [-0.15, -0.1) is 0 Å². The van der Waals surface area contributed by atoms with Gasteiger partial charge in [-0.1, -0.05) is 29.3 Å². The van der Waals surface area contributed by atoms with Crippen LogP contribution in [0.1, 0.15) is 45.6 Å². The number of methoxy groups -OCH3 is 1. The van der Waals surface area contributed by atoms with Gasteiger partial charge in [-0.25, -0.2) is 0 Å². The standard InChI is InChI=1S/C10H13BrO2.C6H10F3NO/c1-10(2,12)8-6-7(11)4-5-9(8)13-3;1-2-3-4-5(11)10-6(7,8)9/h4-6,12H,1-3H3;2-4H2,1H3,(H,10,11). The quantitative estimate of drug-likeness (QED) is 0.698. The van der Waals surface area contributed by atoms with Crippen LogP contribution in [-0.4, -0.2) is 24.4 Å². The van der Waals surface area contributed by atoms with Gasteiger partial charge in [-0.2, -0.15) is 13.2 Å². The van der Waals surface area contributed by atoms with Crippen LogP contribution in [-0.2, 0) is 10.4 Å². The minimum absolute atomic E-state index is 0.0595. The predicted octanol–water partition coefficient (Wildman–Crippen LogP) is 4.50. The van der Waals surface area contributed by atoms with Crippen LogP contribution in [0.25, 0.3) is 0 Å². The van der Waals surface area contributed by atoms with E-state index in [2.05, 4.69) is 15.9 Å². The summed E-state index contributed by atoms with van der Waals surface area (Å²) in [5.74, 6) is -0.255. The second kappa shape index (κ2) is 9.88. The van der Waals surface area contributed by atoms with Gasteiger partial charge in [0.1, 0.15) is 5.75 Å². The van der Waals surface area contributed by atoms with E-state index < -0.39 is 17.8 Å². The van der Waals surface area contributed by atoms with Crippen molar-refractivity contribution in [3.05, 3.63) is 28.2 Å². The van der Waals surface area contributed by atoms with Crippen LogP contribution in [0.3, 0.4) is 0 Å². The van der Waals surface area contributed by atoms with Crippen molar-refractivity contribution >= 4 is 21.8 Å². The number of carbonyl (C=O) groups excluding carboxylic acids is 1. The van der Waals surface area contributed by atoms with E-state index in [9.17, 15) is 23.1 Å². The highest BCUT2D eigenvalue weighted by atomic mass is 79.9. The van der Waals surface area contributed by atoms with Crippen molar-refractivity contribution in [1.29, 1.82) is 0 Å². The van der Waals surface area contributed by atoms with E-state index in [4.69, 9.17) is 4.74 Å². The molecule has 1 rings (SSSR count). The molecule has 0 heterocycles. The molecule has 0 spiro atoms. The number of aliphatic hydroxyl groups is 1. The van der Waals surface area contributed by atoms with E-state index in [1.807, 2.05) is 18.2 Å². The second-order valence-electron chi connectivity index (χ2n) is 5.55. The number of hydrogen-bond acceptors (Lipinski definition) is 3. The van der Waals surface area contributed by atoms with Crippen molar-refractivity contribution in [3.8, 4) is 5.75 Å². The molecule has 2 N–H and O–H groups in total. The molecule has 1 aromatic carbocycles. The molecule has 0 aromatic heterocycles. The average Bonchev–Trinajstić information content (AvgIpc) is 2.43. The Morgan fingerprint density at radius 3 is 2.33 bits per heavy atom. The Morgan fingerprint density at radius 1 is 1.33 bits per heavy atom. The zero-order valence-corrected chi connectivity index (χ0v) is 15.7. The van der Waals surface area contributed by atoms with Crippen LogP contribution in [0.5, 0.6) is 5.75 Å². The average molecular weight is 414 g/mol. The Balaban J connectivity index is 0.000000449. The van der Waals surface area contributed by atoms with E-state index in [1.165, 1.54) is 0 Å². The lowest BCUT2D eigenvalue weighted by atomic mass is 9.97. The van der Waals surface area contributed by atoms with E-state index in [0.29, 0.717) is 18.6 Å². The molecule has 0 aliphatic heterocycles. The number of benzene rings is 1. The van der Waals surface area contributed by atoms with E-state index in [0.717, 1.165) is 15.4 Å². The first-order valence-corrected chi connectivity index (χ1v) is 8.14. The highest BCUT2D eigenvalue weighted by Gasteiger charge is 2.29. The fourth-order valence-electron chi connectivity index (χ4n) is 1.72. The van der Waals surface area contributed by atoms with Crippen LogP contribution in [0, 0.1) is 0 Å². The molecule has 138 valence electrons. The molecule has 0 fully saturated rings. The first kappa shape index (κ1) is 22.7. The first-order chi connectivity index (χ1) is 10.9. The smallest absolute Gasteiger partial charge is 0.484 e. The third kappa shape index (κ3) is 9.77. The lowest BCUT2D eigenvalue weighted by Crippen LogP contribution is -2.36. The molecule has 8 heteroatoms. The summed E-state index contributed by atoms with van der Waals surface area (Å²) in [6.45, 7) is 5.27. The van der Waals surface area contributed by atoms with Crippen molar-refractivity contribution in [1.82, 2.24) is 5.32 Å². The number of ether oxygens (including phenoxy) is 1. The zero-order chi connectivity index (χ0) is 19.0. The maximum atomic E-state index is 11.4. The summed E-state index contributed by atoms with van der Waals surface area (Å²) in [5, 5.41) is 10.7. The van der Waals surface area contributed by atoms with Crippen molar-refractivity contribution in [2.24, 2.45) is 0 Å². The lowest BCUT2D eigenvalue weighted by Gasteiger charge is -2.20. The molecule has 0 aliphatic rings. The fraction of sp³-hybridized carbons (Fsp3) is 0.562. The van der Waals surface area contributed by atoms with Crippen molar-refractivity contribution < 1.29 is 27.8 Å². The largest absolute Gasteiger partial charge is 0.496 e. The summed E-state index contributed by atoms with van der Waals surface area (Å²) in [4.78, 5) is 10.4. The van der Waals surface area contributed by atoms with Gasteiger partial charge in [0.15, 0.2) is 0 Å². The third-order valence-electron chi connectivity index (χ3n) is 2.86. The van der Waals surface area contributed by atoms with Gasteiger partial charge in [-0.05, 0) is 38.5 Å². The van der Waals surface area contributed by atoms with E-state index in [1.54, 1.807) is 27.9 Å². The normalized spacial score (nSPS) is 11.4. The predicted molar refractivity (Wildman–Crippen MR) is 89.7 cm³/mol. The van der Waals surface area contributed by atoms with Gasteiger partial charge in [0.2, 0.25) is 5.91 Å². The zero-order valence-electron chi connectivity index (χ0n) is 14.1. The molecule has 1 amide bonds. The van der Waals surface area contributed by atoms with Gasteiger partial charge in [-0.3, -0.25) is 10.1 Å². The summed E-state index contributed by atoms with van der Waals surface area (Å²) < 4.78 is 40.3. The van der Waals surface area contributed by atoms with E-state index in [-0.39, 0.29) is 6.42 Å². The molecule has 0 saturated carbocycles. The number of nitrogens with one attached hydrogen (secondary N) is 1. The molecule has 24 heavy (non-hydrogen) atoms. The topological polar surface area (TPSA) is 58.6 Å². The minimum atomic E-state index is -4.58. The Bertz CT molecular complexity index is 528. The highest BCUT2D eigenvalue weighted by molar-refractivity contribution is 9.10. The molecule has 4 nitrogen and oxygen atoms in total. The first-order valence-electron chi connectivity index (χ1n) is 7.34. The van der Waals surface area contributed by atoms with Gasteiger partial charge in [0, 0.05) is 16.5 Å². The number of amides is 1.